The highest BCUT2D eigenvalue weighted by atomic mass is 35.5. The van der Waals surface area contributed by atoms with Gasteiger partial charge in [0.25, 0.3) is 5.91 Å². The number of anilines is 1. The van der Waals surface area contributed by atoms with Crippen LogP contribution in [0.4, 0.5) is 5.69 Å². The number of benzene rings is 2. The van der Waals surface area contributed by atoms with Crippen LogP contribution in [0.1, 0.15) is 27.3 Å². The molecule has 1 amide bonds. The third-order valence-electron chi connectivity index (χ3n) is 3.71. The molecule has 0 atom stereocenters. The molecule has 3 rings (SSSR count). The van der Waals surface area contributed by atoms with Gasteiger partial charge in [-0.2, -0.15) is 10.4 Å². The van der Waals surface area contributed by atoms with Crippen LogP contribution in [0.25, 0.3) is 5.69 Å². The van der Waals surface area contributed by atoms with Crippen LogP contribution < -0.4 is 5.32 Å². The van der Waals surface area contributed by atoms with Crippen molar-refractivity contribution in [3.05, 3.63) is 76.1 Å². The quantitative estimate of drug-likeness (QED) is 0.766. The Balaban J connectivity index is 1.86. The molecule has 0 bridgehead atoms. The highest BCUT2D eigenvalue weighted by Crippen LogP contribution is 2.20. The van der Waals surface area contributed by atoms with Crippen LogP contribution in [-0.2, 0) is 0 Å². The summed E-state index contributed by atoms with van der Waals surface area (Å²) in [5.41, 5.74) is 4.08. The molecule has 2 aromatic carbocycles. The maximum Gasteiger partial charge on any atom is 0.255 e. The van der Waals surface area contributed by atoms with Crippen molar-refractivity contribution >= 4 is 23.2 Å². The fourth-order valence-corrected chi connectivity index (χ4v) is 2.72. The van der Waals surface area contributed by atoms with Crippen molar-refractivity contribution in [1.82, 2.24) is 9.78 Å². The Kier molecular flexibility index (Phi) is 4.55. The van der Waals surface area contributed by atoms with Crippen molar-refractivity contribution in [3.8, 4) is 11.8 Å². The molecule has 0 fully saturated rings. The molecule has 3 aromatic rings. The van der Waals surface area contributed by atoms with Gasteiger partial charge in [0.05, 0.1) is 22.0 Å². The van der Waals surface area contributed by atoms with Crippen molar-refractivity contribution in [2.75, 3.05) is 5.32 Å². The second-order valence-corrected chi connectivity index (χ2v) is 6.06. The largest absolute Gasteiger partial charge is 0.322 e. The fraction of sp³-hybridized carbons (Fsp3) is 0.105. The number of amides is 1. The third kappa shape index (κ3) is 3.54. The molecule has 1 N–H and O–H groups in total. The summed E-state index contributed by atoms with van der Waals surface area (Å²) in [5.74, 6) is -0.307. The minimum Gasteiger partial charge on any atom is -0.322 e. The highest BCUT2D eigenvalue weighted by Gasteiger charge is 2.10. The van der Waals surface area contributed by atoms with Gasteiger partial charge in [0.2, 0.25) is 0 Å². The van der Waals surface area contributed by atoms with Gasteiger partial charge in [-0.25, -0.2) is 4.68 Å². The molecule has 5 nitrogen and oxygen atoms in total. The van der Waals surface area contributed by atoms with Crippen molar-refractivity contribution in [1.29, 1.82) is 5.26 Å². The van der Waals surface area contributed by atoms with Crippen LogP contribution in [0.3, 0.4) is 0 Å². The maximum atomic E-state index is 12.4. The lowest BCUT2D eigenvalue weighted by Crippen LogP contribution is -2.12. The fourth-order valence-electron chi connectivity index (χ4n) is 2.56. The molecule has 1 heterocycles. The summed E-state index contributed by atoms with van der Waals surface area (Å²) in [6, 6.07) is 16.0. The van der Waals surface area contributed by atoms with Gasteiger partial charge in [0.1, 0.15) is 6.07 Å². The van der Waals surface area contributed by atoms with Gasteiger partial charge in [-0.05, 0) is 56.3 Å². The second kappa shape index (κ2) is 6.80. The third-order valence-corrected chi connectivity index (χ3v) is 4.04. The Bertz CT molecular complexity index is 1000. The van der Waals surface area contributed by atoms with Crippen molar-refractivity contribution in [2.24, 2.45) is 0 Å². The van der Waals surface area contributed by atoms with Gasteiger partial charge in [0.15, 0.2) is 0 Å². The summed E-state index contributed by atoms with van der Waals surface area (Å²) in [6.07, 6.45) is 0. The monoisotopic (exact) mass is 350 g/mol. The Morgan fingerprint density at radius 1 is 1.20 bits per heavy atom. The van der Waals surface area contributed by atoms with E-state index in [4.69, 9.17) is 16.9 Å². The van der Waals surface area contributed by atoms with Gasteiger partial charge in [-0.3, -0.25) is 4.79 Å². The minimum absolute atomic E-state index is 0.269. The number of hydrogen-bond acceptors (Lipinski definition) is 3. The number of halogens is 1. The SMILES string of the molecule is Cc1cc(C)n(-c2cccc(NC(=O)c3ccc(Cl)c(C#N)c3)c2)n1. The van der Waals surface area contributed by atoms with E-state index < -0.39 is 0 Å². The summed E-state index contributed by atoms with van der Waals surface area (Å²) in [7, 11) is 0. The zero-order valence-electron chi connectivity index (χ0n) is 13.7. The summed E-state index contributed by atoms with van der Waals surface area (Å²) in [6.45, 7) is 3.91. The summed E-state index contributed by atoms with van der Waals surface area (Å²) >= 11 is 5.90. The first-order chi connectivity index (χ1) is 12.0. The lowest BCUT2D eigenvalue weighted by molar-refractivity contribution is 0.102. The predicted molar refractivity (Wildman–Crippen MR) is 97.2 cm³/mol. The number of aryl methyl sites for hydroxylation is 2. The first kappa shape index (κ1) is 16.7. The van der Waals surface area contributed by atoms with Crippen LogP contribution in [0.2, 0.25) is 5.02 Å². The molecule has 0 saturated carbocycles. The molecule has 0 aliphatic carbocycles. The van der Waals surface area contributed by atoms with E-state index in [0.717, 1.165) is 17.1 Å². The molecule has 1 aromatic heterocycles. The van der Waals surface area contributed by atoms with Crippen LogP contribution in [0, 0.1) is 25.2 Å². The lowest BCUT2D eigenvalue weighted by atomic mass is 10.1. The summed E-state index contributed by atoms with van der Waals surface area (Å²) in [5, 5.41) is 16.6. The number of rotatable bonds is 3. The van der Waals surface area contributed by atoms with Gasteiger partial charge in [-0.1, -0.05) is 17.7 Å². The maximum absolute atomic E-state index is 12.4. The van der Waals surface area contributed by atoms with E-state index in [9.17, 15) is 4.79 Å². The Labute approximate surface area is 150 Å². The number of nitriles is 1. The summed E-state index contributed by atoms with van der Waals surface area (Å²) < 4.78 is 1.82. The molecule has 25 heavy (non-hydrogen) atoms. The minimum atomic E-state index is -0.307. The Morgan fingerprint density at radius 2 is 2.00 bits per heavy atom. The Morgan fingerprint density at radius 3 is 2.68 bits per heavy atom. The van der Waals surface area contributed by atoms with Crippen LogP contribution in [0.5, 0.6) is 0 Å². The standard InChI is InChI=1S/C19H15ClN4O/c1-12-8-13(2)24(23-12)17-5-3-4-16(10-17)22-19(25)14-6-7-18(20)15(9-14)11-21/h3-10H,1-2H3,(H,22,25). The van der Waals surface area contributed by atoms with Crippen LogP contribution >= 0.6 is 11.6 Å². The van der Waals surface area contributed by atoms with E-state index in [2.05, 4.69) is 10.4 Å². The molecule has 124 valence electrons. The number of nitrogens with zero attached hydrogens (tertiary/aromatic N) is 3. The van der Waals surface area contributed by atoms with Gasteiger partial charge >= 0.3 is 0 Å². The zero-order chi connectivity index (χ0) is 18.0. The van der Waals surface area contributed by atoms with Crippen molar-refractivity contribution < 1.29 is 4.79 Å². The Hall–Kier alpha value is -3.10. The molecule has 0 aliphatic rings. The number of nitrogens with one attached hydrogen (secondary N) is 1. The van der Waals surface area contributed by atoms with E-state index in [1.54, 1.807) is 18.2 Å². The topological polar surface area (TPSA) is 70.7 Å². The smallest absolute Gasteiger partial charge is 0.255 e. The molecular formula is C19H15ClN4O. The van der Waals surface area contributed by atoms with Gasteiger partial charge in [0, 0.05) is 16.9 Å². The predicted octanol–water partition coefficient (Wildman–Crippen LogP) is 4.27. The lowest BCUT2D eigenvalue weighted by Gasteiger charge is -2.09. The number of aromatic nitrogens is 2. The first-order valence-corrected chi connectivity index (χ1v) is 8.00. The van der Waals surface area contributed by atoms with E-state index in [0.29, 0.717) is 16.3 Å². The van der Waals surface area contributed by atoms with Crippen molar-refractivity contribution in [2.45, 2.75) is 13.8 Å². The molecule has 0 saturated heterocycles. The molecular weight excluding hydrogens is 336 g/mol. The van der Waals surface area contributed by atoms with Gasteiger partial charge in [-0.15, -0.1) is 0 Å². The zero-order valence-corrected chi connectivity index (χ0v) is 14.5. The molecule has 0 radical (unpaired) electrons. The molecule has 6 heteroatoms. The van der Waals surface area contributed by atoms with Crippen LogP contribution in [0.15, 0.2) is 48.5 Å². The number of hydrogen-bond donors (Lipinski definition) is 1. The molecule has 0 spiro atoms. The number of carbonyl (C=O) groups excluding carboxylic acids is 1. The normalized spacial score (nSPS) is 10.3. The highest BCUT2D eigenvalue weighted by molar-refractivity contribution is 6.31. The average molecular weight is 351 g/mol. The average Bonchev–Trinajstić information content (AvgIpc) is 2.94. The second-order valence-electron chi connectivity index (χ2n) is 5.65. The van der Waals surface area contributed by atoms with E-state index in [1.807, 2.05) is 48.9 Å². The van der Waals surface area contributed by atoms with Gasteiger partial charge < -0.3 is 5.32 Å². The summed E-state index contributed by atoms with van der Waals surface area (Å²) in [4.78, 5) is 12.4. The first-order valence-electron chi connectivity index (χ1n) is 7.62. The van der Waals surface area contributed by atoms with E-state index in [1.165, 1.54) is 6.07 Å². The molecule has 0 unspecified atom stereocenters. The van der Waals surface area contributed by atoms with Crippen molar-refractivity contribution in [3.63, 3.8) is 0 Å². The van der Waals surface area contributed by atoms with E-state index in [-0.39, 0.29) is 11.5 Å². The van der Waals surface area contributed by atoms with E-state index >= 15 is 0 Å². The van der Waals surface area contributed by atoms with Crippen LogP contribution in [-0.4, -0.2) is 15.7 Å². The number of carbonyl (C=O) groups is 1. The molecule has 0 aliphatic heterocycles.